The standard InChI is InChI=1S/C17H20N4O3/c1-4-23-12(2)16-18-15(24-19-16)11-20(3)17(22)13-9-14-7-5-6-8-21(14)10-13/h5-10,12H,4,11H2,1-3H3/t12-/m0/s1. The van der Waals surface area contributed by atoms with Crippen LogP contribution in [0.25, 0.3) is 5.52 Å². The van der Waals surface area contributed by atoms with E-state index in [2.05, 4.69) is 10.1 Å². The number of amides is 1. The van der Waals surface area contributed by atoms with Crippen LogP contribution >= 0.6 is 0 Å². The second kappa shape index (κ2) is 6.84. The Labute approximate surface area is 139 Å². The van der Waals surface area contributed by atoms with Gasteiger partial charge in [0.15, 0.2) is 5.82 Å². The molecule has 0 aliphatic heterocycles. The zero-order chi connectivity index (χ0) is 17.1. The van der Waals surface area contributed by atoms with Crippen molar-refractivity contribution < 1.29 is 14.1 Å². The molecule has 0 saturated carbocycles. The van der Waals surface area contributed by atoms with Crippen LogP contribution in [-0.2, 0) is 11.3 Å². The van der Waals surface area contributed by atoms with Crippen LogP contribution in [0.3, 0.4) is 0 Å². The topological polar surface area (TPSA) is 72.9 Å². The average Bonchev–Trinajstić information content (AvgIpc) is 3.20. The lowest BCUT2D eigenvalue weighted by molar-refractivity contribution is 0.0682. The molecular formula is C17H20N4O3. The fourth-order valence-electron chi connectivity index (χ4n) is 2.49. The molecule has 0 fully saturated rings. The molecule has 126 valence electrons. The van der Waals surface area contributed by atoms with E-state index in [9.17, 15) is 4.79 Å². The Bertz CT molecular complexity index is 806. The molecule has 0 saturated heterocycles. The maximum absolute atomic E-state index is 12.6. The van der Waals surface area contributed by atoms with E-state index < -0.39 is 0 Å². The van der Waals surface area contributed by atoms with E-state index in [4.69, 9.17) is 9.26 Å². The highest BCUT2D eigenvalue weighted by molar-refractivity contribution is 5.95. The lowest BCUT2D eigenvalue weighted by Crippen LogP contribution is -2.26. The summed E-state index contributed by atoms with van der Waals surface area (Å²) in [5.74, 6) is 0.773. The number of hydrogen-bond acceptors (Lipinski definition) is 5. The van der Waals surface area contributed by atoms with Gasteiger partial charge in [0.05, 0.1) is 12.1 Å². The Morgan fingerprint density at radius 3 is 3.04 bits per heavy atom. The third-order valence-corrected chi connectivity index (χ3v) is 3.73. The van der Waals surface area contributed by atoms with Crippen molar-refractivity contribution in [3.05, 3.63) is 53.9 Å². The van der Waals surface area contributed by atoms with Crippen molar-refractivity contribution in [2.75, 3.05) is 13.7 Å². The molecule has 1 amide bonds. The summed E-state index contributed by atoms with van der Waals surface area (Å²) >= 11 is 0. The van der Waals surface area contributed by atoms with E-state index in [0.717, 1.165) is 5.52 Å². The first-order valence-electron chi connectivity index (χ1n) is 7.84. The fraction of sp³-hybridized carbons (Fsp3) is 0.353. The van der Waals surface area contributed by atoms with Crippen LogP contribution in [0.1, 0.15) is 42.0 Å². The number of ether oxygens (including phenoxy) is 1. The Morgan fingerprint density at radius 1 is 1.46 bits per heavy atom. The molecule has 0 N–H and O–H groups in total. The maximum atomic E-state index is 12.6. The number of carbonyl (C=O) groups excluding carboxylic acids is 1. The number of aromatic nitrogens is 3. The Morgan fingerprint density at radius 2 is 2.29 bits per heavy atom. The first kappa shape index (κ1) is 16.2. The van der Waals surface area contributed by atoms with Gasteiger partial charge in [0.2, 0.25) is 5.89 Å². The van der Waals surface area contributed by atoms with Crippen LogP contribution in [0, 0.1) is 0 Å². The Balaban J connectivity index is 1.70. The summed E-state index contributed by atoms with van der Waals surface area (Å²) in [7, 11) is 1.71. The van der Waals surface area contributed by atoms with Gasteiger partial charge in [0.25, 0.3) is 5.91 Å². The van der Waals surface area contributed by atoms with E-state index in [1.54, 1.807) is 11.9 Å². The van der Waals surface area contributed by atoms with E-state index in [0.29, 0.717) is 23.9 Å². The first-order chi connectivity index (χ1) is 11.6. The summed E-state index contributed by atoms with van der Waals surface area (Å²) in [4.78, 5) is 18.4. The number of rotatable bonds is 6. The van der Waals surface area contributed by atoms with Crippen molar-refractivity contribution in [2.45, 2.75) is 26.5 Å². The van der Waals surface area contributed by atoms with Crippen molar-refractivity contribution in [3.8, 4) is 0 Å². The lowest BCUT2D eigenvalue weighted by Gasteiger charge is -2.13. The Kier molecular flexibility index (Phi) is 4.61. The molecule has 24 heavy (non-hydrogen) atoms. The van der Waals surface area contributed by atoms with Crippen LogP contribution in [0.2, 0.25) is 0 Å². The molecule has 0 aliphatic rings. The fourth-order valence-corrected chi connectivity index (χ4v) is 2.49. The largest absolute Gasteiger partial charge is 0.371 e. The number of nitrogens with zero attached hydrogens (tertiary/aromatic N) is 4. The molecule has 3 heterocycles. The van der Waals surface area contributed by atoms with E-state index in [1.165, 1.54) is 0 Å². The van der Waals surface area contributed by atoms with Gasteiger partial charge in [-0.05, 0) is 32.0 Å². The predicted molar refractivity (Wildman–Crippen MR) is 87.5 cm³/mol. The van der Waals surface area contributed by atoms with E-state index in [1.807, 2.05) is 54.9 Å². The third-order valence-electron chi connectivity index (χ3n) is 3.73. The monoisotopic (exact) mass is 328 g/mol. The van der Waals surface area contributed by atoms with Crippen molar-refractivity contribution in [2.24, 2.45) is 0 Å². The van der Waals surface area contributed by atoms with Crippen molar-refractivity contribution in [3.63, 3.8) is 0 Å². The zero-order valence-electron chi connectivity index (χ0n) is 14.0. The summed E-state index contributed by atoms with van der Waals surface area (Å²) in [6, 6.07) is 7.67. The third kappa shape index (κ3) is 3.30. The first-order valence-corrected chi connectivity index (χ1v) is 7.84. The molecular weight excluding hydrogens is 308 g/mol. The van der Waals surface area contributed by atoms with E-state index in [-0.39, 0.29) is 18.6 Å². The van der Waals surface area contributed by atoms with Crippen LogP contribution in [0.4, 0.5) is 0 Å². The molecule has 7 nitrogen and oxygen atoms in total. The summed E-state index contributed by atoms with van der Waals surface area (Å²) in [5.41, 5.74) is 1.59. The highest BCUT2D eigenvalue weighted by Crippen LogP contribution is 2.15. The average molecular weight is 328 g/mol. The van der Waals surface area contributed by atoms with Crippen molar-refractivity contribution in [1.29, 1.82) is 0 Å². The van der Waals surface area contributed by atoms with Crippen LogP contribution in [0.15, 0.2) is 41.2 Å². The molecule has 0 aliphatic carbocycles. The normalized spacial score (nSPS) is 12.5. The quantitative estimate of drug-likeness (QED) is 0.695. The summed E-state index contributed by atoms with van der Waals surface area (Å²) in [6.45, 7) is 4.59. The molecule has 0 spiro atoms. The minimum Gasteiger partial charge on any atom is -0.371 e. The maximum Gasteiger partial charge on any atom is 0.255 e. The molecule has 0 radical (unpaired) electrons. The number of pyridine rings is 1. The molecule has 1 atom stereocenters. The SMILES string of the molecule is CCO[C@@H](C)c1noc(CN(C)C(=O)c2cc3ccccn3c2)n1. The number of hydrogen-bond donors (Lipinski definition) is 0. The van der Waals surface area contributed by atoms with Gasteiger partial charge < -0.3 is 18.6 Å². The van der Waals surface area contributed by atoms with Crippen LogP contribution in [-0.4, -0.2) is 39.0 Å². The minimum absolute atomic E-state index is 0.101. The van der Waals surface area contributed by atoms with Gasteiger partial charge in [-0.1, -0.05) is 11.2 Å². The second-order valence-corrected chi connectivity index (χ2v) is 5.57. The van der Waals surface area contributed by atoms with Gasteiger partial charge >= 0.3 is 0 Å². The van der Waals surface area contributed by atoms with Crippen LogP contribution < -0.4 is 0 Å². The zero-order valence-corrected chi connectivity index (χ0v) is 14.0. The van der Waals surface area contributed by atoms with Gasteiger partial charge in [-0.25, -0.2) is 0 Å². The highest BCUT2D eigenvalue weighted by Gasteiger charge is 2.19. The van der Waals surface area contributed by atoms with Gasteiger partial charge in [0.1, 0.15) is 6.10 Å². The lowest BCUT2D eigenvalue weighted by atomic mass is 10.3. The summed E-state index contributed by atoms with van der Waals surface area (Å²) < 4.78 is 12.5. The molecule has 3 rings (SSSR count). The minimum atomic E-state index is -0.231. The smallest absolute Gasteiger partial charge is 0.255 e. The molecule has 3 aromatic rings. The van der Waals surface area contributed by atoms with Crippen molar-refractivity contribution >= 4 is 11.4 Å². The van der Waals surface area contributed by atoms with Crippen LogP contribution in [0.5, 0.6) is 0 Å². The molecule has 0 aromatic carbocycles. The molecule has 7 heteroatoms. The molecule has 0 unspecified atom stereocenters. The summed E-state index contributed by atoms with van der Waals surface area (Å²) in [6.07, 6.45) is 3.49. The van der Waals surface area contributed by atoms with Gasteiger partial charge in [-0.3, -0.25) is 4.79 Å². The second-order valence-electron chi connectivity index (χ2n) is 5.57. The molecule has 3 aromatic heterocycles. The Hall–Kier alpha value is -2.67. The van der Waals surface area contributed by atoms with Crippen molar-refractivity contribution in [1.82, 2.24) is 19.4 Å². The summed E-state index contributed by atoms with van der Waals surface area (Å²) in [5, 5.41) is 3.90. The van der Waals surface area contributed by atoms with E-state index >= 15 is 0 Å². The number of fused-ring (bicyclic) bond motifs is 1. The predicted octanol–water partition coefficient (Wildman–Crippen LogP) is 2.69. The van der Waals surface area contributed by atoms with Gasteiger partial charge in [-0.2, -0.15) is 4.98 Å². The van der Waals surface area contributed by atoms with Gasteiger partial charge in [-0.15, -0.1) is 0 Å². The highest BCUT2D eigenvalue weighted by atomic mass is 16.5. The van der Waals surface area contributed by atoms with Gasteiger partial charge in [0, 0.05) is 31.6 Å². The molecule has 0 bridgehead atoms. The number of carbonyl (C=O) groups is 1.